The van der Waals surface area contributed by atoms with Crippen molar-refractivity contribution in [1.82, 2.24) is 0 Å². The summed E-state index contributed by atoms with van der Waals surface area (Å²) in [5.74, 6) is -2.09. The van der Waals surface area contributed by atoms with E-state index < -0.39 is 17.5 Å². The largest absolute Gasteiger partial charge is 0.458 e. The molecule has 0 radical (unpaired) electrons. The summed E-state index contributed by atoms with van der Waals surface area (Å²) in [6.07, 6.45) is 0.0259. The fourth-order valence-corrected chi connectivity index (χ4v) is 0.709. The number of hydrogen-bond acceptors (Lipinski definition) is 5. The van der Waals surface area contributed by atoms with Crippen molar-refractivity contribution in [3.63, 3.8) is 0 Å². The van der Waals surface area contributed by atoms with Crippen LogP contribution in [0.2, 0.25) is 0 Å². The van der Waals surface area contributed by atoms with Gasteiger partial charge in [-0.25, -0.2) is 9.59 Å². The molecule has 0 rings (SSSR count). The Balaban J connectivity index is 4.19. The highest BCUT2D eigenvalue weighted by atomic mass is 16.6. The first-order valence-electron chi connectivity index (χ1n) is 4.20. The number of carbonyl (C=O) groups excluding carboxylic acids is 2. The number of esters is 2. The quantitative estimate of drug-likeness (QED) is 0.496. The van der Waals surface area contributed by atoms with Crippen molar-refractivity contribution in [3.8, 4) is 6.07 Å². The topological polar surface area (TPSA) is 76.4 Å². The average Bonchev–Trinajstić information content (AvgIpc) is 2.03. The molecule has 0 aliphatic rings. The molecule has 0 heterocycles. The van der Waals surface area contributed by atoms with E-state index in [0.717, 1.165) is 0 Å². The molecule has 0 aromatic heterocycles. The fraction of sp³-hybridized carbons (Fsp3) is 0.667. The molecule has 78 valence electrons. The third-order valence-corrected chi connectivity index (χ3v) is 1.32. The van der Waals surface area contributed by atoms with E-state index in [4.69, 9.17) is 10.00 Å². The molecule has 0 unspecified atom stereocenters. The Labute approximate surface area is 82.6 Å². The van der Waals surface area contributed by atoms with Crippen LogP contribution in [0.3, 0.4) is 0 Å². The van der Waals surface area contributed by atoms with Crippen LogP contribution >= 0.6 is 0 Å². The summed E-state index contributed by atoms with van der Waals surface area (Å²) in [4.78, 5) is 21.9. The predicted octanol–water partition coefficient (Wildman–Crippen LogP) is 0.785. The summed E-state index contributed by atoms with van der Waals surface area (Å²) in [5.41, 5.74) is -0.960. The van der Waals surface area contributed by atoms with E-state index in [0.29, 0.717) is 0 Å². The Morgan fingerprint density at radius 2 is 1.93 bits per heavy atom. The monoisotopic (exact) mass is 199 g/mol. The van der Waals surface area contributed by atoms with Gasteiger partial charge in [0.25, 0.3) is 0 Å². The Hall–Kier alpha value is -1.57. The molecule has 0 aliphatic carbocycles. The van der Waals surface area contributed by atoms with Gasteiger partial charge in [0.1, 0.15) is 5.60 Å². The van der Waals surface area contributed by atoms with E-state index in [-0.39, 0.29) is 13.0 Å². The number of nitrogens with zero attached hydrogens (tertiary/aromatic N) is 1. The van der Waals surface area contributed by atoms with E-state index in [1.165, 1.54) is 0 Å². The summed E-state index contributed by atoms with van der Waals surface area (Å²) >= 11 is 0. The summed E-state index contributed by atoms with van der Waals surface area (Å²) in [5, 5.41) is 8.40. The SMILES string of the molecule is CCOC(=O)C(=O)OC(C)(C)CC#N. The first-order chi connectivity index (χ1) is 6.43. The van der Waals surface area contributed by atoms with Crippen LogP contribution in [0, 0.1) is 11.3 Å². The van der Waals surface area contributed by atoms with Crippen LogP contribution in [0.15, 0.2) is 0 Å². The summed E-state index contributed by atoms with van der Waals surface area (Å²) in [6.45, 7) is 4.80. The van der Waals surface area contributed by atoms with E-state index in [2.05, 4.69) is 4.74 Å². The molecule has 0 N–H and O–H groups in total. The van der Waals surface area contributed by atoms with Crippen LogP contribution in [-0.2, 0) is 19.1 Å². The smallest absolute Gasteiger partial charge is 0.418 e. The molecule has 0 bridgehead atoms. The van der Waals surface area contributed by atoms with Crippen LogP contribution < -0.4 is 0 Å². The first kappa shape index (κ1) is 12.4. The third-order valence-electron chi connectivity index (χ3n) is 1.32. The second kappa shape index (κ2) is 5.22. The predicted molar refractivity (Wildman–Crippen MR) is 47.0 cm³/mol. The van der Waals surface area contributed by atoms with Crippen LogP contribution in [0.4, 0.5) is 0 Å². The Morgan fingerprint density at radius 3 is 2.36 bits per heavy atom. The highest BCUT2D eigenvalue weighted by Crippen LogP contribution is 2.13. The molecule has 0 spiro atoms. The van der Waals surface area contributed by atoms with Crippen LogP contribution in [0.5, 0.6) is 0 Å². The van der Waals surface area contributed by atoms with Gasteiger partial charge in [-0.3, -0.25) is 0 Å². The molecule has 0 saturated heterocycles. The highest BCUT2D eigenvalue weighted by molar-refractivity contribution is 6.29. The maximum absolute atomic E-state index is 11.0. The van der Waals surface area contributed by atoms with Gasteiger partial charge in [-0.05, 0) is 20.8 Å². The Kier molecular flexibility index (Phi) is 4.64. The summed E-state index contributed by atoms with van der Waals surface area (Å²) in [7, 11) is 0. The van der Waals surface area contributed by atoms with Crippen molar-refractivity contribution in [2.75, 3.05) is 6.61 Å². The minimum atomic E-state index is -1.06. The van der Waals surface area contributed by atoms with Gasteiger partial charge in [-0.15, -0.1) is 0 Å². The van der Waals surface area contributed by atoms with Gasteiger partial charge in [0, 0.05) is 0 Å². The van der Waals surface area contributed by atoms with E-state index in [9.17, 15) is 9.59 Å². The second-order valence-corrected chi connectivity index (χ2v) is 3.20. The fourth-order valence-electron chi connectivity index (χ4n) is 0.709. The number of nitriles is 1. The number of ether oxygens (including phenoxy) is 2. The normalized spacial score (nSPS) is 10.1. The maximum atomic E-state index is 11.0. The molecule has 0 aliphatic heterocycles. The minimum absolute atomic E-state index is 0.0259. The van der Waals surface area contributed by atoms with Crippen molar-refractivity contribution in [2.45, 2.75) is 32.8 Å². The molecule has 0 amide bonds. The summed E-state index contributed by atoms with van der Waals surface area (Å²) < 4.78 is 9.19. The highest BCUT2D eigenvalue weighted by Gasteiger charge is 2.27. The van der Waals surface area contributed by atoms with E-state index >= 15 is 0 Å². The van der Waals surface area contributed by atoms with Gasteiger partial charge in [0.05, 0.1) is 19.1 Å². The zero-order chi connectivity index (χ0) is 11.2. The summed E-state index contributed by atoms with van der Waals surface area (Å²) in [6, 6.07) is 1.85. The Morgan fingerprint density at radius 1 is 1.36 bits per heavy atom. The third kappa shape index (κ3) is 4.45. The van der Waals surface area contributed by atoms with Crippen molar-refractivity contribution in [1.29, 1.82) is 5.26 Å². The van der Waals surface area contributed by atoms with Crippen LogP contribution in [0.1, 0.15) is 27.2 Å². The van der Waals surface area contributed by atoms with Crippen molar-refractivity contribution >= 4 is 11.9 Å². The van der Waals surface area contributed by atoms with Crippen LogP contribution in [-0.4, -0.2) is 24.1 Å². The lowest BCUT2D eigenvalue weighted by Crippen LogP contribution is -2.32. The van der Waals surface area contributed by atoms with Gasteiger partial charge in [0.2, 0.25) is 0 Å². The second-order valence-electron chi connectivity index (χ2n) is 3.20. The number of hydrogen-bond donors (Lipinski definition) is 0. The van der Waals surface area contributed by atoms with Crippen LogP contribution in [0.25, 0.3) is 0 Å². The lowest BCUT2D eigenvalue weighted by molar-refractivity contribution is -0.175. The maximum Gasteiger partial charge on any atom is 0.418 e. The van der Waals surface area contributed by atoms with Gasteiger partial charge in [-0.1, -0.05) is 0 Å². The minimum Gasteiger partial charge on any atom is -0.458 e. The van der Waals surface area contributed by atoms with Gasteiger partial charge in [-0.2, -0.15) is 5.26 Å². The standard InChI is InChI=1S/C9H13NO4/c1-4-13-7(11)8(12)14-9(2,3)5-6-10/h4-5H2,1-3H3. The van der Waals surface area contributed by atoms with Crippen molar-refractivity contribution < 1.29 is 19.1 Å². The van der Waals surface area contributed by atoms with E-state index in [1.54, 1.807) is 20.8 Å². The molecule has 0 aromatic rings. The molecular formula is C9H13NO4. The van der Waals surface area contributed by atoms with E-state index in [1.807, 2.05) is 6.07 Å². The molecule has 5 nitrogen and oxygen atoms in total. The molecule has 5 heteroatoms. The average molecular weight is 199 g/mol. The molecule has 0 fully saturated rings. The number of carbonyl (C=O) groups is 2. The van der Waals surface area contributed by atoms with Gasteiger partial charge < -0.3 is 9.47 Å². The molecule has 0 aromatic carbocycles. The Bertz CT molecular complexity index is 264. The molecular weight excluding hydrogens is 186 g/mol. The number of rotatable bonds is 3. The van der Waals surface area contributed by atoms with Gasteiger partial charge in [0.15, 0.2) is 0 Å². The lowest BCUT2D eigenvalue weighted by Gasteiger charge is -2.20. The lowest BCUT2D eigenvalue weighted by atomic mass is 10.1. The zero-order valence-electron chi connectivity index (χ0n) is 8.49. The molecule has 0 saturated carbocycles. The first-order valence-corrected chi connectivity index (χ1v) is 4.20. The van der Waals surface area contributed by atoms with Crippen molar-refractivity contribution in [3.05, 3.63) is 0 Å². The van der Waals surface area contributed by atoms with Crippen molar-refractivity contribution in [2.24, 2.45) is 0 Å². The molecule has 0 atom stereocenters. The molecule has 14 heavy (non-hydrogen) atoms. The van der Waals surface area contributed by atoms with Gasteiger partial charge >= 0.3 is 11.9 Å². The zero-order valence-corrected chi connectivity index (χ0v) is 8.49.